The summed E-state index contributed by atoms with van der Waals surface area (Å²) in [5, 5.41) is 18.4. The molecule has 0 atom stereocenters. The SMILES string of the molecule is CCC(CO)(CO)Cc1cncs1. The second kappa shape index (κ2) is 4.69. The zero-order chi connectivity index (χ0) is 9.73. The van der Waals surface area contributed by atoms with Crippen LogP contribution >= 0.6 is 11.3 Å². The maximum Gasteiger partial charge on any atom is 0.0794 e. The summed E-state index contributed by atoms with van der Waals surface area (Å²) in [6.45, 7) is 2.03. The van der Waals surface area contributed by atoms with E-state index in [1.54, 1.807) is 23.0 Å². The molecule has 0 bridgehead atoms. The average Bonchev–Trinajstić information content (AvgIpc) is 2.67. The minimum absolute atomic E-state index is 0.0257. The number of thiazole rings is 1. The van der Waals surface area contributed by atoms with Crippen LogP contribution in [0.2, 0.25) is 0 Å². The van der Waals surface area contributed by atoms with Crippen molar-refractivity contribution in [3.63, 3.8) is 0 Å². The van der Waals surface area contributed by atoms with Gasteiger partial charge in [0.15, 0.2) is 0 Å². The van der Waals surface area contributed by atoms with E-state index >= 15 is 0 Å². The maximum absolute atomic E-state index is 9.20. The number of hydrogen-bond acceptors (Lipinski definition) is 4. The molecule has 0 amide bonds. The molecule has 0 radical (unpaired) electrons. The van der Waals surface area contributed by atoms with Crippen LogP contribution in [0.3, 0.4) is 0 Å². The van der Waals surface area contributed by atoms with E-state index in [9.17, 15) is 10.2 Å². The van der Waals surface area contributed by atoms with Gasteiger partial charge in [-0.25, -0.2) is 0 Å². The zero-order valence-corrected chi connectivity index (χ0v) is 8.55. The van der Waals surface area contributed by atoms with Crippen molar-refractivity contribution in [3.8, 4) is 0 Å². The Morgan fingerprint density at radius 2 is 2.15 bits per heavy atom. The predicted molar refractivity (Wildman–Crippen MR) is 52.7 cm³/mol. The molecule has 74 valence electrons. The molecule has 0 aromatic carbocycles. The highest BCUT2D eigenvalue weighted by molar-refractivity contribution is 7.09. The summed E-state index contributed by atoms with van der Waals surface area (Å²) in [7, 11) is 0. The van der Waals surface area contributed by atoms with Gasteiger partial charge in [-0.3, -0.25) is 4.98 Å². The Bertz CT molecular complexity index is 224. The molecule has 4 heteroatoms. The Morgan fingerprint density at radius 1 is 1.46 bits per heavy atom. The maximum atomic E-state index is 9.20. The van der Waals surface area contributed by atoms with Gasteiger partial charge in [-0.15, -0.1) is 11.3 Å². The minimum Gasteiger partial charge on any atom is -0.396 e. The molecule has 1 aromatic rings. The van der Waals surface area contributed by atoms with Gasteiger partial charge in [0.05, 0.1) is 18.7 Å². The third kappa shape index (κ3) is 2.49. The third-order valence-electron chi connectivity index (χ3n) is 2.45. The first kappa shape index (κ1) is 10.6. The number of aliphatic hydroxyl groups excluding tert-OH is 2. The van der Waals surface area contributed by atoms with Crippen LogP contribution in [0, 0.1) is 5.41 Å². The number of aromatic nitrogens is 1. The monoisotopic (exact) mass is 201 g/mol. The fourth-order valence-electron chi connectivity index (χ4n) is 1.21. The molecular weight excluding hydrogens is 186 g/mol. The average molecular weight is 201 g/mol. The molecule has 1 rings (SSSR count). The summed E-state index contributed by atoms with van der Waals surface area (Å²) in [5.74, 6) is 0. The van der Waals surface area contributed by atoms with Crippen LogP contribution in [0.1, 0.15) is 18.2 Å². The van der Waals surface area contributed by atoms with Gasteiger partial charge in [-0.05, 0) is 12.8 Å². The minimum atomic E-state index is -0.369. The fraction of sp³-hybridized carbons (Fsp3) is 0.667. The Labute approximate surface area is 82.1 Å². The van der Waals surface area contributed by atoms with Gasteiger partial charge >= 0.3 is 0 Å². The van der Waals surface area contributed by atoms with E-state index in [2.05, 4.69) is 4.98 Å². The molecule has 0 aliphatic rings. The smallest absolute Gasteiger partial charge is 0.0794 e. The molecule has 0 saturated heterocycles. The molecule has 0 spiro atoms. The summed E-state index contributed by atoms with van der Waals surface area (Å²) < 4.78 is 0. The van der Waals surface area contributed by atoms with Gasteiger partial charge in [-0.1, -0.05) is 6.92 Å². The van der Waals surface area contributed by atoms with E-state index in [0.717, 1.165) is 11.3 Å². The van der Waals surface area contributed by atoms with Gasteiger partial charge in [-0.2, -0.15) is 0 Å². The van der Waals surface area contributed by atoms with E-state index in [-0.39, 0.29) is 18.6 Å². The van der Waals surface area contributed by atoms with Crippen LogP contribution in [0.25, 0.3) is 0 Å². The predicted octanol–water partition coefficient (Wildman–Crippen LogP) is 1.07. The van der Waals surface area contributed by atoms with Crippen molar-refractivity contribution < 1.29 is 10.2 Å². The van der Waals surface area contributed by atoms with Crippen molar-refractivity contribution in [1.29, 1.82) is 0 Å². The highest BCUT2D eigenvalue weighted by Crippen LogP contribution is 2.27. The first-order valence-corrected chi connectivity index (χ1v) is 5.23. The van der Waals surface area contributed by atoms with E-state index in [0.29, 0.717) is 6.42 Å². The van der Waals surface area contributed by atoms with Crippen molar-refractivity contribution in [2.24, 2.45) is 5.41 Å². The van der Waals surface area contributed by atoms with E-state index in [1.807, 2.05) is 6.92 Å². The Balaban J connectivity index is 2.67. The van der Waals surface area contributed by atoms with E-state index < -0.39 is 0 Å². The van der Waals surface area contributed by atoms with Crippen LogP contribution in [-0.2, 0) is 6.42 Å². The lowest BCUT2D eigenvalue weighted by molar-refractivity contribution is 0.0520. The summed E-state index contributed by atoms with van der Waals surface area (Å²) in [6, 6.07) is 0. The van der Waals surface area contributed by atoms with Crippen molar-refractivity contribution in [2.75, 3.05) is 13.2 Å². The largest absolute Gasteiger partial charge is 0.396 e. The number of nitrogens with zero attached hydrogens (tertiary/aromatic N) is 1. The molecule has 3 nitrogen and oxygen atoms in total. The highest BCUT2D eigenvalue weighted by atomic mass is 32.1. The molecule has 0 saturated carbocycles. The Morgan fingerprint density at radius 3 is 2.54 bits per heavy atom. The lowest BCUT2D eigenvalue weighted by Crippen LogP contribution is -2.31. The Hall–Kier alpha value is -0.450. The van der Waals surface area contributed by atoms with Crippen molar-refractivity contribution in [1.82, 2.24) is 4.98 Å². The first-order valence-electron chi connectivity index (χ1n) is 4.35. The molecule has 0 fully saturated rings. The van der Waals surface area contributed by atoms with Crippen LogP contribution in [0.4, 0.5) is 0 Å². The number of hydrogen-bond donors (Lipinski definition) is 2. The van der Waals surface area contributed by atoms with Crippen LogP contribution in [0.5, 0.6) is 0 Å². The highest BCUT2D eigenvalue weighted by Gasteiger charge is 2.27. The molecule has 0 aliphatic carbocycles. The van der Waals surface area contributed by atoms with E-state index in [4.69, 9.17) is 0 Å². The molecule has 1 aromatic heterocycles. The summed E-state index contributed by atoms with van der Waals surface area (Å²) in [4.78, 5) is 5.08. The van der Waals surface area contributed by atoms with E-state index in [1.165, 1.54) is 0 Å². The van der Waals surface area contributed by atoms with Gasteiger partial charge in [0.1, 0.15) is 0 Å². The van der Waals surface area contributed by atoms with Crippen LogP contribution < -0.4 is 0 Å². The third-order valence-corrected chi connectivity index (χ3v) is 3.23. The van der Waals surface area contributed by atoms with Crippen LogP contribution in [-0.4, -0.2) is 28.4 Å². The molecule has 0 aliphatic heterocycles. The number of rotatable bonds is 5. The standard InChI is InChI=1S/C9H15NO2S/c1-2-9(5-11,6-12)3-8-4-10-7-13-8/h4,7,11-12H,2-3,5-6H2,1H3. The molecule has 2 N–H and O–H groups in total. The summed E-state index contributed by atoms with van der Waals surface area (Å²) in [5.41, 5.74) is 1.40. The van der Waals surface area contributed by atoms with Crippen molar-refractivity contribution in [3.05, 3.63) is 16.6 Å². The molecular formula is C9H15NO2S. The quantitative estimate of drug-likeness (QED) is 0.749. The second-order valence-corrected chi connectivity index (χ2v) is 4.29. The normalized spacial score (nSPS) is 11.9. The topological polar surface area (TPSA) is 53.4 Å². The van der Waals surface area contributed by atoms with Crippen LogP contribution in [0.15, 0.2) is 11.7 Å². The van der Waals surface area contributed by atoms with Gasteiger partial charge < -0.3 is 10.2 Å². The summed E-state index contributed by atoms with van der Waals surface area (Å²) >= 11 is 1.56. The van der Waals surface area contributed by atoms with Gasteiger partial charge in [0.2, 0.25) is 0 Å². The second-order valence-electron chi connectivity index (χ2n) is 3.31. The summed E-state index contributed by atoms with van der Waals surface area (Å²) in [6.07, 6.45) is 3.28. The lowest BCUT2D eigenvalue weighted by Gasteiger charge is -2.27. The molecule has 13 heavy (non-hydrogen) atoms. The van der Waals surface area contributed by atoms with Crippen molar-refractivity contribution in [2.45, 2.75) is 19.8 Å². The zero-order valence-electron chi connectivity index (χ0n) is 7.73. The van der Waals surface area contributed by atoms with Gasteiger partial charge in [0.25, 0.3) is 0 Å². The van der Waals surface area contributed by atoms with Crippen molar-refractivity contribution >= 4 is 11.3 Å². The fourth-order valence-corrected chi connectivity index (χ4v) is 1.98. The molecule has 1 heterocycles. The number of aliphatic hydroxyl groups is 2. The molecule has 0 unspecified atom stereocenters. The Kier molecular flexibility index (Phi) is 3.84. The lowest BCUT2D eigenvalue weighted by atomic mass is 9.83. The first-order chi connectivity index (χ1) is 6.26. The van der Waals surface area contributed by atoms with Gasteiger partial charge in [0, 0.05) is 16.5 Å².